The van der Waals surface area contributed by atoms with Crippen LogP contribution in [-0.4, -0.2) is 360 Å². The van der Waals surface area contributed by atoms with Crippen LogP contribution in [0.15, 0.2) is 54.1 Å². The van der Waals surface area contributed by atoms with E-state index in [9.17, 15) is 78.3 Å². The monoisotopic (exact) mass is 1810 g/mol. The van der Waals surface area contributed by atoms with Crippen molar-refractivity contribution in [1.82, 2.24) is 41.7 Å². The van der Waals surface area contributed by atoms with Crippen LogP contribution in [0, 0.1) is 11.3 Å². The number of rotatable bonds is 68. The highest BCUT2D eigenvalue weighted by Crippen LogP contribution is 2.33. The van der Waals surface area contributed by atoms with Crippen LogP contribution in [0.25, 0.3) is 0 Å². The number of amides is 9. The number of carboxylic acid groups (broad SMARTS) is 2. The van der Waals surface area contributed by atoms with Crippen LogP contribution in [-0.2, 0) is 133 Å². The lowest BCUT2D eigenvalue weighted by Gasteiger charge is -2.40. The van der Waals surface area contributed by atoms with Crippen molar-refractivity contribution in [2.75, 3.05) is 204 Å². The number of methoxy groups -OCH3 is 1. The quantitative estimate of drug-likeness (QED) is 0.0254. The highest BCUT2D eigenvalue weighted by molar-refractivity contribution is 8.00. The molecular formula is C85H137N9O31S. The molecular weight excluding hydrogens is 1680 g/mol. The molecule has 126 heavy (non-hydrogen) atoms. The molecule has 0 aliphatic carbocycles. The fraction of sp³-hybridized carbons (Fsp3) is 0.706. The number of hydrogen-bond acceptors (Lipinski definition) is 31. The van der Waals surface area contributed by atoms with Crippen LogP contribution in [0.1, 0.15) is 117 Å². The standard InChI is InChI=1S/C85H137N9O31S/c1-56(2)63(49-57(3)80(106)107)93(10)79(105)75(84(4,5)6)92-77(103)74(86-9)85(7,8)60-17-16-18-61(51-60)90-83(110)123-55-58-20-21-64(124-82-72(101)70(99)71(100)73(125-82)81(108)109)59(50-58)53-88-66(95)22-24-87-76(102)62(91-68(97)19-14-13-15-25-94-69(98)52-65(126-12)78(94)104)54-89-67(96)23-26-112-29-30-114-33-34-116-37-38-118-41-42-120-45-46-122-48-47-121-44-43-119-40-39-117-36-35-115-32-31-113-28-27-111-11/h16-18,20-21,49-51,56,62-63,65,70-75,82,86,99-101H,13-15,19,22-48,52-55H2,1-12H3,(H,87,102)(H,88,95)(H,89,96)(H,90,110)(H,91,97)(H,92,103)(H,106,107)(H,108,109)/b57-49+/t62-,63+,65?,70-,71-,72+,73-,74+,75+,82+/m0/s1. The maximum atomic E-state index is 14.4. The third-order valence-corrected chi connectivity index (χ3v) is 20.9. The van der Waals surface area contributed by atoms with Crippen molar-refractivity contribution in [3.05, 3.63) is 70.8 Å². The molecule has 2 aromatic carbocycles. The van der Waals surface area contributed by atoms with Gasteiger partial charge in [-0.25, -0.2) is 14.4 Å². The first-order valence-electron chi connectivity index (χ1n) is 42.4. The number of carboxylic acids is 2. The van der Waals surface area contributed by atoms with Gasteiger partial charge in [-0.2, -0.15) is 11.8 Å². The number of anilines is 1. The van der Waals surface area contributed by atoms with Crippen LogP contribution in [0.5, 0.6) is 5.75 Å². The van der Waals surface area contributed by atoms with Crippen LogP contribution in [0.4, 0.5) is 10.5 Å². The Kier molecular flexibility index (Phi) is 53.6. The summed E-state index contributed by atoms with van der Waals surface area (Å²) in [5.41, 5.74) is -0.462. The average molecular weight is 1810 g/mol. The molecule has 1 unspecified atom stereocenters. The Labute approximate surface area is 741 Å². The maximum absolute atomic E-state index is 14.4. The summed E-state index contributed by atoms with van der Waals surface area (Å²) in [6.45, 7) is 21.9. The first kappa shape index (κ1) is 110. The van der Waals surface area contributed by atoms with Crippen molar-refractivity contribution in [3.8, 4) is 5.75 Å². The highest BCUT2D eigenvalue weighted by Gasteiger charge is 2.49. The van der Waals surface area contributed by atoms with E-state index in [0.29, 0.717) is 156 Å². The van der Waals surface area contributed by atoms with Crippen LogP contribution < -0.4 is 42.0 Å². The van der Waals surface area contributed by atoms with Crippen molar-refractivity contribution in [2.45, 2.75) is 179 Å². The molecule has 41 heteroatoms. The second-order valence-corrected chi connectivity index (χ2v) is 32.6. The van der Waals surface area contributed by atoms with Gasteiger partial charge in [-0.3, -0.25) is 48.6 Å². The number of benzene rings is 2. The number of carbonyl (C=O) groups is 11. The zero-order chi connectivity index (χ0) is 93.0. The number of likely N-dealkylation sites (tertiary alicyclic amines) is 1. The molecule has 2 aliphatic heterocycles. The topological polar surface area (TPSA) is 518 Å². The lowest BCUT2D eigenvalue weighted by molar-refractivity contribution is -0.271. The minimum atomic E-state index is -2.05. The molecule has 12 N–H and O–H groups in total. The third kappa shape index (κ3) is 41.9. The number of aliphatic hydroxyl groups excluding tert-OH is 3. The number of aliphatic hydroxyl groups is 3. The summed E-state index contributed by atoms with van der Waals surface area (Å²) in [5, 5.41) is 70.2. The first-order chi connectivity index (χ1) is 60.2. The minimum absolute atomic E-state index is 0.00948. The minimum Gasteiger partial charge on any atom is -0.479 e. The average Bonchev–Trinajstić information content (AvgIpc) is 1.04. The zero-order valence-corrected chi connectivity index (χ0v) is 75.7. The molecule has 2 saturated heterocycles. The van der Waals surface area contributed by atoms with Crippen molar-refractivity contribution in [3.63, 3.8) is 0 Å². The van der Waals surface area contributed by atoms with Gasteiger partial charge in [-0.05, 0) is 79.8 Å². The van der Waals surface area contributed by atoms with E-state index in [1.54, 1.807) is 86.3 Å². The Morgan fingerprint density at radius 1 is 0.619 bits per heavy atom. The molecule has 0 spiro atoms. The molecule has 4 rings (SSSR count). The Morgan fingerprint density at radius 2 is 1.15 bits per heavy atom. The van der Waals surface area contributed by atoms with Gasteiger partial charge in [0, 0.05) is 88.3 Å². The number of unbranched alkanes of at least 4 members (excludes halogenated alkanes) is 2. The van der Waals surface area contributed by atoms with Crippen LogP contribution in [0.3, 0.4) is 0 Å². The summed E-state index contributed by atoms with van der Waals surface area (Å²) in [4.78, 5) is 148. The fourth-order valence-corrected chi connectivity index (χ4v) is 13.4. The van der Waals surface area contributed by atoms with Crippen molar-refractivity contribution >= 4 is 82.7 Å². The summed E-state index contributed by atoms with van der Waals surface area (Å²) in [6, 6.07) is 6.93. The summed E-state index contributed by atoms with van der Waals surface area (Å²) in [7, 11) is 4.78. The van der Waals surface area contributed by atoms with E-state index in [1.807, 2.05) is 13.8 Å². The van der Waals surface area contributed by atoms with Crippen molar-refractivity contribution < 1.29 is 149 Å². The zero-order valence-electron chi connectivity index (χ0n) is 74.9. The molecule has 0 aromatic heterocycles. The SMILES string of the molecule is CN[C@H](C(=O)N[C@H](C(=O)N(C)[C@H](/C=C(\C)C(=O)O)C(C)C)C(C)(C)C)C(C)(C)c1cccc(NC(=O)OCc2ccc(O[C@@H]3O[C@H](C(=O)O)[C@@H](O)[C@H](O)[C@H]3O)c(CNC(=O)CCNC(=O)[C@H](CNC(=O)CCOCCOCCOCCOCCOCCOCCOCCOCCOCCOCCOCCOC)NC(=O)CCCCCN3C(=O)CC(SC)C3=O)c2)c1. The van der Waals surface area contributed by atoms with Gasteiger partial charge in [0.15, 0.2) is 6.10 Å². The molecule has 0 saturated carbocycles. The molecule has 2 aromatic rings. The van der Waals surface area contributed by atoms with Crippen molar-refractivity contribution in [1.29, 1.82) is 0 Å². The molecule has 714 valence electrons. The number of carbonyl (C=O) groups excluding carboxylic acids is 9. The molecule has 0 radical (unpaired) electrons. The number of nitrogens with zero attached hydrogens (tertiary/aromatic N) is 2. The smallest absolute Gasteiger partial charge is 0.411 e. The molecule has 2 heterocycles. The van der Waals surface area contributed by atoms with Gasteiger partial charge in [-0.1, -0.05) is 79.2 Å². The number of ether oxygens (including phenoxy) is 15. The van der Waals surface area contributed by atoms with E-state index in [0.717, 1.165) is 0 Å². The maximum Gasteiger partial charge on any atom is 0.411 e. The summed E-state index contributed by atoms with van der Waals surface area (Å²) >= 11 is 1.30. The van der Waals surface area contributed by atoms with Gasteiger partial charge in [0.05, 0.1) is 169 Å². The van der Waals surface area contributed by atoms with Gasteiger partial charge >= 0.3 is 18.0 Å². The predicted molar refractivity (Wildman–Crippen MR) is 459 cm³/mol. The Morgan fingerprint density at radius 3 is 1.64 bits per heavy atom. The second kappa shape index (κ2) is 61.4. The number of hydrogen-bond donors (Lipinski definition) is 12. The summed E-state index contributed by atoms with van der Waals surface area (Å²) < 4.78 is 82.3. The van der Waals surface area contributed by atoms with Gasteiger partial charge in [0.2, 0.25) is 53.5 Å². The van der Waals surface area contributed by atoms with E-state index >= 15 is 0 Å². The number of aliphatic carboxylic acids is 2. The first-order valence-corrected chi connectivity index (χ1v) is 43.7. The highest BCUT2D eigenvalue weighted by atomic mass is 32.2. The van der Waals surface area contributed by atoms with Gasteiger partial charge in [-0.15, -0.1) is 0 Å². The summed E-state index contributed by atoms with van der Waals surface area (Å²) in [5.74, 6) is -7.03. The second-order valence-electron chi connectivity index (χ2n) is 31.5. The normalized spacial score (nSPS) is 17.7. The predicted octanol–water partition coefficient (Wildman–Crippen LogP) is 1.61. The van der Waals surface area contributed by atoms with E-state index in [-0.39, 0.29) is 119 Å². The van der Waals surface area contributed by atoms with E-state index in [2.05, 4.69) is 37.2 Å². The lowest BCUT2D eigenvalue weighted by Crippen LogP contribution is -2.61. The molecule has 2 fully saturated rings. The van der Waals surface area contributed by atoms with E-state index < -0.39 is 131 Å². The van der Waals surface area contributed by atoms with Gasteiger partial charge in [0.1, 0.15) is 42.8 Å². The molecule has 9 amide bonds. The van der Waals surface area contributed by atoms with Crippen molar-refractivity contribution in [2.24, 2.45) is 11.3 Å². The van der Waals surface area contributed by atoms with Gasteiger partial charge in [0.25, 0.3) is 0 Å². The number of likely N-dealkylation sites (N-methyl/N-ethyl adjacent to an activating group) is 2. The summed E-state index contributed by atoms with van der Waals surface area (Å²) in [6.07, 6.45) is -6.81. The third-order valence-electron chi connectivity index (χ3n) is 20.0. The van der Waals surface area contributed by atoms with Crippen LogP contribution >= 0.6 is 11.8 Å². The molecule has 0 bridgehead atoms. The Balaban J connectivity index is 1.26. The lowest BCUT2D eigenvalue weighted by atomic mass is 9.76. The van der Waals surface area contributed by atoms with E-state index in [1.165, 1.54) is 52.8 Å². The number of thioether (sulfide) groups is 1. The van der Waals surface area contributed by atoms with Crippen LogP contribution in [0.2, 0.25) is 0 Å². The largest absolute Gasteiger partial charge is 0.479 e. The number of imide groups is 1. The number of nitrogens with one attached hydrogen (secondary N) is 7. The van der Waals surface area contributed by atoms with E-state index in [4.69, 9.17) is 71.1 Å². The Bertz CT molecular complexity index is 3650. The molecule has 40 nitrogen and oxygen atoms in total. The molecule has 10 atom stereocenters. The Hall–Kier alpha value is -8.18. The van der Waals surface area contributed by atoms with Gasteiger partial charge < -0.3 is 133 Å². The fourth-order valence-electron chi connectivity index (χ4n) is 12.7. The molecule has 2 aliphatic rings.